The van der Waals surface area contributed by atoms with Gasteiger partial charge in [0.15, 0.2) is 0 Å². The van der Waals surface area contributed by atoms with Crippen molar-refractivity contribution >= 4 is 23.3 Å². The molecule has 1 heterocycles. The number of hydrogen-bond donors (Lipinski definition) is 3. The minimum Gasteiger partial charge on any atom is -0.332 e. The van der Waals surface area contributed by atoms with E-state index < -0.39 is 0 Å². The van der Waals surface area contributed by atoms with E-state index >= 15 is 0 Å². The Morgan fingerprint density at radius 1 is 0.926 bits per heavy atom. The van der Waals surface area contributed by atoms with Crippen LogP contribution in [0.2, 0.25) is 0 Å². The smallest absolute Gasteiger partial charge is 0.319 e. The van der Waals surface area contributed by atoms with Crippen LogP contribution in [0.1, 0.15) is 21.6 Å². The van der Waals surface area contributed by atoms with E-state index in [1.807, 2.05) is 55.5 Å². The van der Waals surface area contributed by atoms with Gasteiger partial charge in [0.05, 0.1) is 12.2 Å². The summed E-state index contributed by atoms with van der Waals surface area (Å²) in [5.41, 5.74) is 3.38. The van der Waals surface area contributed by atoms with Gasteiger partial charge in [-0.1, -0.05) is 30.3 Å². The lowest BCUT2D eigenvalue weighted by Gasteiger charge is -2.12. The molecule has 6 nitrogen and oxygen atoms in total. The Morgan fingerprint density at radius 2 is 1.70 bits per heavy atom. The van der Waals surface area contributed by atoms with Crippen LogP contribution in [-0.4, -0.2) is 16.9 Å². The Morgan fingerprint density at radius 3 is 2.44 bits per heavy atom. The van der Waals surface area contributed by atoms with Crippen molar-refractivity contribution in [3.05, 3.63) is 89.7 Å². The van der Waals surface area contributed by atoms with Gasteiger partial charge < -0.3 is 16.0 Å². The average molecular weight is 360 g/mol. The highest BCUT2D eigenvalue weighted by molar-refractivity contribution is 6.05. The standard InChI is InChI=1S/C21H20N4O2/c1-15-10-11-16(20(26)24-17-7-3-2-4-8-17)13-19(15)25-21(27)23-14-18-9-5-6-12-22-18/h2-13H,14H2,1H3,(H,24,26)(H2,23,25,27). The van der Waals surface area contributed by atoms with E-state index in [2.05, 4.69) is 20.9 Å². The Labute approximate surface area is 157 Å². The summed E-state index contributed by atoms with van der Waals surface area (Å²) in [5, 5.41) is 8.36. The van der Waals surface area contributed by atoms with Crippen LogP contribution in [0.3, 0.4) is 0 Å². The van der Waals surface area contributed by atoms with Crippen LogP contribution >= 0.6 is 0 Å². The van der Waals surface area contributed by atoms with Crippen LogP contribution in [-0.2, 0) is 6.54 Å². The number of para-hydroxylation sites is 1. The van der Waals surface area contributed by atoms with Gasteiger partial charge in [0.25, 0.3) is 5.91 Å². The molecule has 3 rings (SSSR count). The molecular formula is C21H20N4O2. The number of pyridine rings is 1. The van der Waals surface area contributed by atoms with Crippen molar-refractivity contribution in [1.29, 1.82) is 0 Å². The molecule has 0 unspecified atom stereocenters. The molecule has 0 aliphatic rings. The first kappa shape index (κ1) is 18.1. The zero-order valence-electron chi connectivity index (χ0n) is 14.9. The molecule has 27 heavy (non-hydrogen) atoms. The van der Waals surface area contributed by atoms with Gasteiger partial charge in [-0.05, 0) is 48.9 Å². The normalized spacial score (nSPS) is 10.1. The van der Waals surface area contributed by atoms with Gasteiger partial charge in [-0.15, -0.1) is 0 Å². The molecular weight excluding hydrogens is 340 g/mol. The Balaban J connectivity index is 1.64. The maximum Gasteiger partial charge on any atom is 0.319 e. The molecule has 3 N–H and O–H groups in total. The fourth-order valence-electron chi connectivity index (χ4n) is 2.46. The summed E-state index contributed by atoms with van der Waals surface area (Å²) in [4.78, 5) is 28.7. The molecule has 0 radical (unpaired) electrons. The molecule has 136 valence electrons. The number of anilines is 2. The maximum atomic E-state index is 12.4. The highest BCUT2D eigenvalue weighted by Crippen LogP contribution is 2.18. The molecule has 0 saturated carbocycles. The molecule has 0 fully saturated rings. The first-order valence-electron chi connectivity index (χ1n) is 8.53. The van der Waals surface area contributed by atoms with Crippen LogP contribution in [0.15, 0.2) is 72.9 Å². The third-order valence-corrected chi connectivity index (χ3v) is 3.94. The summed E-state index contributed by atoms with van der Waals surface area (Å²) in [6.45, 7) is 2.19. The van der Waals surface area contributed by atoms with Gasteiger partial charge in [0, 0.05) is 23.1 Å². The van der Waals surface area contributed by atoms with Crippen LogP contribution in [0.4, 0.5) is 16.2 Å². The van der Waals surface area contributed by atoms with Crippen LogP contribution in [0, 0.1) is 6.92 Å². The monoisotopic (exact) mass is 360 g/mol. The molecule has 0 spiro atoms. The molecule has 3 amide bonds. The molecule has 6 heteroatoms. The molecule has 3 aromatic rings. The van der Waals surface area contributed by atoms with Crippen molar-refractivity contribution in [2.24, 2.45) is 0 Å². The number of benzene rings is 2. The average Bonchev–Trinajstić information content (AvgIpc) is 2.69. The minimum atomic E-state index is -0.357. The van der Waals surface area contributed by atoms with Crippen molar-refractivity contribution in [3.63, 3.8) is 0 Å². The second kappa shape index (κ2) is 8.62. The number of carbonyl (C=O) groups is 2. The van der Waals surface area contributed by atoms with Crippen molar-refractivity contribution in [3.8, 4) is 0 Å². The summed E-state index contributed by atoms with van der Waals surface area (Å²) >= 11 is 0. The lowest BCUT2D eigenvalue weighted by atomic mass is 10.1. The summed E-state index contributed by atoms with van der Waals surface area (Å²) in [6, 6.07) is 19.6. The molecule has 2 aromatic carbocycles. The minimum absolute atomic E-state index is 0.238. The number of nitrogens with one attached hydrogen (secondary N) is 3. The number of hydrogen-bond acceptors (Lipinski definition) is 3. The van der Waals surface area contributed by atoms with Gasteiger partial charge in [-0.25, -0.2) is 4.79 Å². The summed E-state index contributed by atoms with van der Waals surface area (Å²) in [5.74, 6) is -0.238. The van der Waals surface area contributed by atoms with E-state index in [1.165, 1.54) is 0 Å². The number of amides is 3. The first-order chi connectivity index (χ1) is 13.1. The molecule has 0 atom stereocenters. The van der Waals surface area contributed by atoms with Crippen molar-refractivity contribution in [2.45, 2.75) is 13.5 Å². The Bertz CT molecular complexity index is 927. The SMILES string of the molecule is Cc1ccc(C(=O)Nc2ccccc2)cc1NC(=O)NCc1ccccn1. The fraction of sp³-hybridized carbons (Fsp3) is 0.0952. The number of urea groups is 1. The van der Waals surface area contributed by atoms with Crippen LogP contribution in [0.25, 0.3) is 0 Å². The van der Waals surface area contributed by atoms with Crippen LogP contribution < -0.4 is 16.0 Å². The predicted molar refractivity (Wildman–Crippen MR) is 106 cm³/mol. The van der Waals surface area contributed by atoms with Gasteiger partial charge in [-0.3, -0.25) is 9.78 Å². The molecule has 0 aliphatic carbocycles. The lowest BCUT2D eigenvalue weighted by Crippen LogP contribution is -2.29. The number of rotatable bonds is 5. The van der Waals surface area contributed by atoms with E-state index in [1.54, 1.807) is 24.4 Å². The largest absolute Gasteiger partial charge is 0.332 e. The quantitative estimate of drug-likeness (QED) is 0.644. The number of nitrogens with zero attached hydrogens (tertiary/aromatic N) is 1. The zero-order chi connectivity index (χ0) is 19.1. The topological polar surface area (TPSA) is 83.1 Å². The van der Waals surface area contributed by atoms with Gasteiger partial charge in [0.1, 0.15) is 0 Å². The number of aromatic nitrogens is 1. The lowest BCUT2D eigenvalue weighted by molar-refractivity contribution is 0.102. The van der Waals surface area contributed by atoms with E-state index in [-0.39, 0.29) is 11.9 Å². The third-order valence-electron chi connectivity index (χ3n) is 3.94. The van der Waals surface area contributed by atoms with Gasteiger partial charge in [-0.2, -0.15) is 0 Å². The molecule has 1 aromatic heterocycles. The summed E-state index contributed by atoms with van der Waals surface area (Å²) in [7, 11) is 0. The van der Waals surface area contributed by atoms with E-state index in [0.717, 1.165) is 11.3 Å². The van der Waals surface area contributed by atoms with Crippen molar-refractivity contribution < 1.29 is 9.59 Å². The molecule has 0 aliphatic heterocycles. The second-order valence-corrected chi connectivity index (χ2v) is 5.98. The van der Waals surface area contributed by atoms with Crippen LogP contribution in [0.5, 0.6) is 0 Å². The van der Waals surface area contributed by atoms with Crippen molar-refractivity contribution in [1.82, 2.24) is 10.3 Å². The second-order valence-electron chi connectivity index (χ2n) is 5.98. The zero-order valence-corrected chi connectivity index (χ0v) is 14.9. The van der Waals surface area contributed by atoms with E-state index in [0.29, 0.717) is 23.5 Å². The Hall–Kier alpha value is -3.67. The van der Waals surface area contributed by atoms with E-state index in [4.69, 9.17) is 0 Å². The third kappa shape index (κ3) is 5.15. The first-order valence-corrected chi connectivity index (χ1v) is 8.53. The van der Waals surface area contributed by atoms with Crippen molar-refractivity contribution in [2.75, 3.05) is 10.6 Å². The highest BCUT2D eigenvalue weighted by atomic mass is 16.2. The molecule has 0 bridgehead atoms. The fourth-order valence-corrected chi connectivity index (χ4v) is 2.46. The maximum absolute atomic E-state index is 12.4. The summed E-state index contributed by atoms with van der Waals surface area (Å²) in [6.07, 6.45) is 1.67. The van der Waals surface area contributed by atoms with Gasteiger partial charge >= 0.3 is 6.03 Å². The van der Waals surface area contributed by atoms with E-state index in [9.17, 15) is 9.59 Å². The Kier molecular flexibility index (Phi) is 5.79. The number of carbonyl (C=O) groups excluding carboxylic acids is 2. The molecule has 0 saturated heterocycles. The summed E-state index contributed by atoms with van der Waals surface area (Å²) < 4.78 is 0. The highest BCUT2D eigenvalue weighted by Gasteiger charge is 2.10. The number of aryl methyl sites for hydroxylation is 1. The predicted octanol–water partition coefficient (Wildman–Crippen LogP) is 3.96. The van der Waals surface area contributed by atoms with Gasteiger partial charge in [0.2, 0.25) is 0 Å².